The predicted octanol–water partition coefficient (Wildman–Crippen LogP) is 16.2. The van der Waals surface area contributed by atoms with Gasteiger partial charge in [-0.15, -0.1) is 0 Å². The molecule has 338 valence electrons. The highest BCUT2D eigenvalue weighted by atomic mass is 19.4. The van der Waals surface area contributed by atoms with Crippen molar-refractivity contribution in [3.63, 3.8) is 0 Å². The van der Waals surface area contributed by atoms with E-state index < -0.39 is 58.1 Å². The normalized spacial score (nSPS) is 12.7. The molecule has 0 saturated carbocycles. The molecule has 0 aliphatic carbocycles. The minimum Gasteiger partial charge on any atom is -0.307 e. The molecule has 0 fully saturated rings. The van der Waals surface area contributed by atoms with Crippen molar-refractivity contribution < 1.29 is 52.7 Å². The summed E-state index contributed by atoms with van der Waals surface area (Å²) in [5, 5.41) is 12.2. The van der Waals surface area contributed by atoms with E-state index >= 15 is 0 Å². The van der Waals surface area contributed by atoms with E-state index in [1.165, 1.54) is 30.5 Å². The Morgan fingerprint density at radius 1 is 0.397 bits per heavy atom. The molecule has 16 heteroatoms. The summed E-state index contributed by atoms with van der Waals surface area (Å²) in [5.41, 5.74) is -3.40. The van der Waals surface area contributed by atoms with E-state index in [1.54, 1.807) is 100 Å². The van der Waals surface area contributed by atoms with E-state index in [4.69, 9.17) is 4.98 Å². The third kappa shape index (κ3) is 7.44. The third-order valence-electron chi connectivity index (χ3n) is 11.9. The van der Waals surface area contributed by atoms with Gasteiger partial charge in [0, 0.05) is 27.1 Å². The van der Waals surface area contributed by atoms with Crippen LogP contribution in [0.15, 0.2) is 158 Å². The maximum absolute atomic E-state index is 14.5. The van der Waals surface area contributed by atoms with Crippen molar-refractivity contribution in [1.29, 1.82) is 5.26 Å². The van der Waals surface area contributed by atoms with Gasteiger partial charge >= 0.3 is 24.7 Å². The van der Waals surface area contributed by atoms with Crippen molar-refractivity contribution in [1.82, 2.24) is 14.1 Å². The van der Waals surface area contributed by atoms with Crippen LogP contribution in [0.25, 0.3) is 88.5 Å². The quantitative estimate of drug-likeness (QED) is 0.161. The van der Waals surface area contributed by atoms with Gasteiger partial charge in [-0.2, -0.15) is 57.9 Å². The first-order valence-corrected chi connectivity index (χ1v) is 20.4. The minimum atomic E-state index is -5.16. The van der Waals surface area contributed by atoms with Crippen molar-refractivity contribution >= 4 is 43.6 Å². The van der Waals surface area contributed by atoms with Crippen molar-refractivity contribution in [2.45, 2.75) is 24.7 Å². The van der Waals surface area contributed by atoms with Gasteiger partial charge in [0.1, 0.15) is 5.82 Å². The summed E-state index contributed by atoms with van der Waals surface area (Å²) in [4.78, 5) is 4.90. The lowest BCUT2D eigenvalue weighted by Crippen LogP contribution is -2.12. The maximum atomic E-state index is 14.5. The van der Waals surface area contributed by atoms with Gasteiger partial charge in [0.2, 0.25) is 0 Å². The molecule has 0 saturated heterocycles. The summed E-state index contributed by atoms with van der Waals surface area (Å²) in [6.07, 6.45) is -18.9. The van der Waals surface area contributed by atoms with Crippen LogP contribution in [0.3, 0.4) is 0 Å². The molecule has 68 heavy (non-hydrogen) atoms. The number of nitriles is 1. The van der Waals surface area contributed by atoms with Gasteiger partial charge in [-0.05, 0) is 94.5 Å². The van der Waals surface area contributed by atoms with E-state index in [1.807, 2.05) is 0 Å². The second-order valence-corrected chi connectivity index (χ2v) is 15.9. The van der Waals surface area contributed by atoms with E-state index in [-0.39, 0.29) is 29.1 Å². The number of benzene rings is 7. The molecule has 7 aromatic carbocycles. The topological polar surface area (TPSA) is 46.5 Å². The van der Waals surface area contributed by atoms with E-state index in [2.05, 4.69) is 6.07 Å². The number of nitrogens with zero attached hydrogens (tertiary/aromatic N) is 4. The summed E-state index contributed by atoms with van der Waals surface area (Å²) in [7, 11) is 0. The molecule has 0 amide bonds. The number of rotatable bonds is 5. The molecule has 0 aliphatic rings. The first kappa shape index (κ1) is 43.8. The molecular formula is C52H26F12N4. The summed E-state index contributed by atoms with van der Waals surface area (Å²) in [5.74, 6) is 0.237. The molecule has 0 bridgehead atoms. The molecule has 0 aliphatic heterocycles. The van der Waals surface area contributed by atoms with Crippen LogP contribution in [0.1, 0.15) is 27.8 Å². The Bertz CT molecular complexity index is 3700. The maximum Gasteiger partial charge on any atom is 0.417 e. The van der Waals surface area contributed by atoms with Gasteiger partial charge in [0.05, 0.1) is 67.8 Å². The van der Waals surface area contributed by atoms with Gasteiger partial charge in [-0.25, -0.2) is 4.98 Å². The van der Waals surface area contributed by atoms with Gasteiger partial charge in [0.15, 0.2) is 0 Å². The lowest BCUT2D eigenvalue weighted by molar-refractivity contribution is -0.144. The Kier molecular flexibility index (Phi) is 9.99. The van der Waals surface area contributed by atoms with E-state index in [0.717, 1.165) is 12.1 Å². The smallest absolute Gasteiger partial charge is 0.307 e. The SMILES string of the molecule is N#Cc1ccc(-c2cc(-n3c4ccccc4c4ccc(-c5ccc(C(F)(F)F)cc5C(F)(F)F)cc43)ncc2-n2c3ccccc3c3ccc(-c4ccc(C(F)(F)F)cc4C(F)(F)F)cc32)cc1. The fourth-order valence-electron chi connectivity index (χ4n) is 8.89. The van der Waals surface area contributed by atoms with Crippen LogP contribution in [0.5, 0.6) is 0 Å². The van der Waals surface area contributed by atoms with Gasteiger partial charge < -0.3 is 4.57 Å². The van der Waals surface area contributed by atoms with Crippen LogP contribution in [0, 0.1) is 11.3 Å². The van der Waals surface area contributed by atoms with Crippen molar-refractivity contribution in [2.75, 3.05) is 0 Å². The molecule has 0 atom stereocenters. The highest BCUT2D eigenvalue weighted by molar-refractivity contribution is 6.12. The third-order valence-corrected chi connectivity index (χ3v) is 11.9. The fraction of sp³-hybridized carbons (Fsp3) is 0.0769. The fourth-order valence-corrected chi connectivity index (χ4v) is 8.89. The van der Waals surface area contributed by atoms with E-state index in [9.17, 15) is 57.9 Å². The number of para-hydroxylation sites is 2. The second-order valence-electron chi connectivity index (χ2n) is 15.9. The molecule has 0 unspecified atom stereocenters. The molecule has 10 rings (SSSR count). The Labute approximate surface area is 376 Å². The lowest BCUT2D eigenvalue weighted by Gasteiger charge is -2.18. The summed E-state index contributed by atoms with van der Waals surface area (Å²) in [6.45, 7) is 0. The first-order valence-electron chi connectivity index (χ1n) is 20.4. The molecular weight excluding hydrogens is 909 g/mol. The Hall–Kier alpha value is -8.06. The van der Waals surface area contributed by atoms with Crippen molar-refractivity contribution in [3.8, 4) is 51.0 Å². The van der Waals surface area contributed by atoms with Crippen molar-refractivity contribution in [3.05, 3.63) is 186 Å². The molecule has 3 aromatic heterocycles. The Morgan fingerprint density at radius 3 is 1.31 bits per heavy atom. The first-order chi connectivity index (χ1) is 32.2. The molecule has 0 spiro atoms. The zero-order valence-corrected chi connectivity index (χ0v) is 34.3. The van der Waals surface area contributed by atoms with Crippen molar-refractivity contribution in [2.24, 2.45) is 0 Å². The number of fused-ring (bicyclic) bond motifs is 6. The highest BCUT2D eigenvalue weighted by Crippen LogP contribution is 2.46. The summed E-state index contributed by atoms with van der Waals surface area (Å²) >= 11 is 0. The average Bonchev–Trinajstić information content (AvgIpc) is 3.82. The Morgan fingerprint density at radius 2 is 0.838 bits per heavy atom. The second kappa shape index (κ2) is 15.5. The van der Waals surface area contributed by atoms with Gasteiger partial charge in [-0.3, -0.25) is 4.57 Å². The highest BCUT2D eigenvalue weighted by Gasteiger charge is 2.40. The number of halogens is 12. The summed E-state index contributed by atoms with van der Waals surface area (Å²) < 4.78 is 172. The standard InChI is InChI=1S/C52H26F12N4/c53-49(54,55)32-15-19-34(41(23-32)51(59,60)61)30-13-17-38-36-5-1-3-7-43(36)67(45(38)21-30)47-27-66-48(25-40(47)29-11-9-28(26-65)10-12-29)68-44-8-4-2-6-37(44)39-18-14-31(22-46(39)68)35-20-16-33(50(56,57)58)24-42(35)52(62,63)64/h1-25,27H. The predicted molar refractivity (Wildman–Crippen MR) is 234 cm³/mol. The number of pyridine rings is 1. The van der Waals surface area contributed by atoms with Crippen LogP contribution in [0.2, 0.25) is 0 Å². The minimum absolute atomic E-state index is 0.0325. The molecule has 0 radical (unpaired) electrons. The largest absolute Gasteiger partial charge is 0.417 e. The molecule has 4 nitrogen and oxygen atoms in total. The van der Waals surface area contributed by atoms with Crippen LogP contribution < -0.4 is 0 Å². The molecule has 0 N–H and O–H groups in total. The number of alkyl halides is 12. The van der Waals surface area contributed by atoms with Gasteiger partial charge in [-0.1, -0.05) is 84.9 Å². The average molecular weight is 935 g/mol. The van der Waals surface area contributed by atoms with Crippen LogP contribution in [0.4, 0.5) is 52.7 Å². The number of hydrogen-bond donors (Lipinski definition) is 0. The van der Waals surface area contributed by atoms with E-state index in [0.29, 0.717) is 78.1 Å². The van der Waals surface area contributed by atoms with Crippen LogP contribution in [-0.2, 0) is 24.7 Å². The summed E-state index contributed by atoms with van der Waals surface area (Å²) in [6, 6.07) is 36.1. The molecule has 10 aromatic rings. The van der Waals surface area contributed by atoms with Gasteiger partial charge in [0.25, 0.3) is 0 Å². The van der Waals surface area contributed by atoms with Crippen LogP contribution >= 0.6 is 0 Å². The zero-order valence-electron chi connectivity index (χ0n) is 34.3. The number of aromatic nitrogens is 3. The van der Waals surface area contributed by atoms with Crippen LogP contribution in [-0.4, -0.2) is 14.1 Å². The lowest BCUT2D eigenvalue weighted by atomic mass is 9.96. The monoisotopic (exact) mass is 934 g/mol. The number of hydrogen-bond acceptors (Lipinski definition) is 2. The zero-order chi connectivity index (χ0) is 48.1. The molecule has 3 heterocycles. The Balaban J connectivity index is 1.23.